The minimum Gasteiger partial charge on any atom is -0.475 e. The molecule has 0 N–H and O–H groups in total. The predicted octanol–water partition coefficient (Wildman–Crippen LogP) is 1.98. The average Bonchev–Trinajstić information content (AvgIpc) is 2.31. The van der Waals surface area contributed by atoms with Crippen LogP contribution in [-0.4, -0.2) is 41.1 Å². The fraction of sp³-hybridized carbons (Fsp3) is 0.667. The third-order valence-electron chi connectivity index (χ3n) is 2.28. The Kier molecular flexibility index (Phi) is 6.49. The van der Waals surface area contributed by atoms with Gasteiger partial charge in [-0.05, 0) is 25.9 Å². The molecule has 0 atom stereocenters. The topological polar surface area (TPSA) is 38.2 Å². The molecule has 0 saturated carbocycles. The highest BCUT2D eigenvalue weighted by atomic mass is 16.5. The van der Waals surface area contributed by atoms with E-state index in [0.29, 0.717) is 12.5 Å². The highest BCUT2D eigenvalue weighted by Crippen LogP contribution is 2.01. The summed E-state index contributed by atoms with van der Waals surface area (Å²) in [6, 6.07) is 0. The fourth-order valence-corrected chi connectivity index (χ4v) is 1.61. The molecular weight excluding hydrogens is 202 g/mol. The molecule has 1 aromatic heterocycles. The number of aromatic nitrogens is 2. The van der Waals surface area contributed by atoms with Gasteiger partial charge in [-0.15, -0.1) is 0 Å². The van der Waals surface area contributed by atoms with Gasteiger partial charge in [0.1, 0.15) is 6.61 Å². The molecule has 0 aliphatic rings. The lowest BCUT2D eigenvalue weighted by Crippen LogP contribution is -2.30. The van der Waals surface area contributed by atoms with Crippen LogP contribution in [0.1, 0.15) is 26.7 Å². The lowest BCUT2D eigenvalue weighted by molar-refractivity contribution is 0.204. The van der Waals surface area contributed by atoms with E-state index in [9.17, 15) is 0 Å². The van der Waals surface area contributed by atoms with Crippen molar-refractivity contribution in [1.82, 2.24) is 14.9 Å². The highest BCUT2D eigenvalue weighted by molar-refractivity contribution is 5.00. The van der Waals surface area contributed by atoms with E-state index in [4.69, 9.17) is 4.74 Å². The smallest absolute Gasteiger partial charge is 0.232 e. The van der Waals surface area contributed by atoms with E-state index in [1.54, 1.807) is 18.6 Å². The first kappa shape index (κ1) is 12.9. The molecule has 16 heavy (non-hydrogen) atoms. The standard InChI is InChI=1S/C12H21N3O/c1-3-7-15(8-4-2)9-10-16-12-11-13-5-6-14-12/h5-6,11H,3-4,7-10H2,1-2H3. The van der Waals surface area contributed by atoms with Crippen molar-refractivity contribution in [2.24, 2.45) is 0 Å². The van der Waals surface area contributed by atoms with Crippen LogP contribution < -0.4 is 4.74 Å². The summed E-state index contributed by atoms with van der Waals surface area (Å²) < 4.78 is 5.51. The summed E-state index contributed by atoms with van der Waals surface area (Å²) in [6.07, 6.45) is 7.30. The maximum atomic E-state index is 5.51. The first-order valence-electron chi connectivity index (χ1n) is 5.98. The maximum Gasteiger partial charge on any atom is 0.232 e. The van der Waals surface area contributed by atoms with E-state index in [0.717, 1.165) is 19.6 Å². The number of rotatable bonds is 8. The van der Waals surface area contributed by atoms with Crippen LogP contribution in [0.5, 0.6) is 5.88 Å². The summed E-state index contributed by atoms with van der Waals surface area (Å²) in [5.41, 5.74) is 0. The summed E-state index contributed by atoms with van der Waals surface area (Å²) >= 11 is 0. The lowest BCUT2D eigenvalue weighted by Gasteiger charge is -2.20. The van der Waals surface area contributed by atoms with Crippen molar-refractivity contribution in [2.45, 2.75) is 26.7 Å². The molecule has 0 aromatic carbocycles. The third-order valence-corrected chi connectivity index (χ3v) is 2.28. The molecule has 1 aromatic rings. The molecule has 0 amide bonds. The summed E-state index contributed by atoms with van der Waals surface area (Å²) in [4.78, 5) is 10.4. The molecule has 0 aliphatic heterocycles. The van der Waals surface area contributed by atoms with Crippen LogP contribution in [0.15, 0.2) is 18.6 Å². The summed E-state index contributed by atoms with van der Waals surface area (Å²) in [7, 11) is 0. The lowest BCUT2D eigenvalue weighted by atomic mass is 10.3. The van der Waals surface area contributed by atoms with Gasteiger partial charge in [-0.1, -0.05) is 13.8 Å². The first-order chi connectivity index (χ1) is 7.86. The van der Waals surface area contributed by atoms with E-state index < -0.39 is 0 Å². The Morgan fingerprint density at radius 2 is 1.88 bits per heavy atom. The van der Waals surface area contributed by atoms with Crippen LogP contribution in [0.3, 0.4) is 0 Å². The van der Waals surface area contributed by atoms with Gasteiger partial charge in [-0.2, -0.15) is 0 Å². The van der Waals surface area contributed by atoms with Crippen molar-refractivity contribution in [3.8, 4) is 5.88 Å². The minimum absolute atomic E-state index is 0.607. The summed E-state index contributed by atoms with van der Waals surface area (Å²) in [5, 5.41) is 0. The van der Waals surface area contributed by atoms with Gasteiger partial charge in [-0.25, -0.2) is 4.98 Å². The van der Waals surface area contributed by atoms with Crippen LogP contribution in [0.25, 0.3) is 0 Å². The third kappa shape index (κ3) is 5.07. The fourth-order valence-electron chi connectivity index (χ4n) is 1.61. The molecule has 90 valence electrons. The van der Waals surface area contributed by atoms with Crippen LogP contribution in [0, 0.1) is 0 Å². The number of hydrogen-bond acceptors (Lipinski definition) is 4. The Bertz CT molecular complexity index is 260. The van der Waals surface area contributed by atoms with Gasteiger partial charge in [0.15, 0.2) is 0 Å². The average molecular weight is 223 g/mol. The van der Waals surface area contributed by atoms with Gasteiger partial charge >= 0.3 is 0 Å². The first-order valence-corrected chi connectivity index (χ1v) is 5.98. The van der Waals surface area contributed by atoms with E-state index in [-0.39, 0.29) is 0 Å². The van der Waals surface area contributed by atoms with Crippen LogP contribution >= 0.6 is 0 Å². The van der Waals surface area contributed by atoms with Gasteiger partial charge in [0.05, 0.1) is 6.20 Å². The second-order valence-corrected chi connectivity index (χ2v) is 3.73. The van der Waals surface area contributed by atoms with Crippen LogP contribution in [-0.2, 0) is 0 Å². The van der Waals surface area contributed by atoms with E-state index in [1.807, 2.05) is 0 Å². The second-order valence-electron chi connectivity index (χ2n) is 3.73. The molecule has 0 fully saturated rings. The molecule has 0 spiro atoms. The van der Waals surface area contributed by atoms with Crippen LogP contribution in [0.4, 0.5) is 0 Å². The second kappa shape index (κ2) is 8.05. The summed E-state index contributed by atoms with van der Waals surface area (Å²) in [5.74, 6) is 0.607. The molecule has 0 aliphatic carbocycles. The molecule has 0 radical (unpaired) electrons. The molecule has 1 heterocycles. The van der Waals surface area contributed by atoms with Gasteiger partial charge in [-0.3, -0.25) is 9.88 Å². The minimum atomic E-state index is 0.607. The molecule has 1 rings (SSSR count). The maximum absolute atomic E-state index is 5.51. The zero-order valence-electron chi connectivity index (χ0n) is 10.2. The highest BCUT2D eigenvalue weighted by Gasteiger charge is 2.02. The largest absolute Gasteiger partial charge is 0.475 e. The SMILES string of the molecule is CCCN(CCC)CCOc1cnccn1. The normalized spacial score (nSPS) is 10.7. The van der Waals surface area contributed by atoms with Crippen molar-refractivity contribution in [2.75, 3.05) is 26.2 Å². The van der Waals surface area contributed by atoms with Gasteiger partial charge in [0.2, 0.25) is 5.88 Å². The summed E-state index contributed by atoms with van der Waals surface area (Å²) in [6.45, 7) is 8.31. The Balaban J connectivity index is 2.22. The van der Waals surface area contributed by atoms with Crippen molar-refractivity contribution >= 4 is 0 Å². The van der Waals surface area contributed by atoms with Crippen molar-refractivity contribution < 1.29 is 4.74 Å². The van der Waals surface area contributed by atoms with E-state index in [2.05, 4.69) is 28.7 Å². The Labute approximate surface area is 97.7 Å². The number of ether oxygens (including phenoxy) is 1. The zero-order chi connectivity index (χ0) is 11.6. The van der Waals surface area contributed by atoms with Gasteiger partial charge in [0.25, 0.3) is 0 Å². The van der Waals surface area contributed by atoms with Gasteiger partial charge < -0.3 is 4.74 Å². The molecule has 0 saturated heterocycles. The Morgan fingerprint density at radius 1 is 1.12 bits per heavy atom. The predicted molar refractivity (Wildman–Crippen MR) is 64.5 cm³/mol. The molecule has 0 unspecified atom stereocenters. The number of hydrogen-bond donors (Lipinski definition) is 0. The van der Waals surface area contributed by atoms with Crippen molar-refractivity contribution in [3.63, 3.8) is 0 Å². The molecular formula is C12H21N3O. The Hall–Kier alpha value is -1.16. The quantitative estimate of drug-likeness (QED) is 0.675. The monoisotopic (exact) mass is 223 g/mol. The Morgan fingerprint density at radius 3 is 2.44 bits per heavy atom. The molecule has 4 nitrogen and oxygen atoms in total. The van der Waals surface area contributed by atoms with Crippen LogP contribution in [0.2, 0.25) is 0 Å². The molecule has 0 bridgehead atoms. The number of nitrogens with zero attached hydrogens (tertiary/aromatic N) is 3. The van der Waals surface area contributed by atoms with Gasteiger partial charge in [0, 0.05) is 18.9 Å². The zero-order valence-corrected chi connectivity index (χ0v) is 10.2. The van der Waals surface area contributed by atoms with E-state index >= 15 is 0 Å². The molecule has 4 heteroatoms. The van der Waals surface area contributed by atoms with Crippen molar-refractivity contribution in [3.05, 3.63) is 18.6 Å². The van der Waals surface area contributed by atoms with Crippen molar-refractivity contribution in [1.29, 1.82) is 0 Å². The van der Waals surface area contributed by atoms with E-state index in [1.165, 1.54) is 12.8 Å².